The molecule has 3 aromatic rings. The molecule has 0 aliphatic carbocycles. The van der Waals surface area contributed by atoms with E-state index < -0.39 is 9.08 Å². The fourth-order valence-electron chi connectivity index (χ4n) is 2.87. The summed E-state index contributed by atoms with van der Waals surface area (Å²) >= 11 is 14.5. The van der Waals surface area contributed by atoms with E-state index in [0.29, 0.717) is 11.6 Å². The minimum atomic E-state index is -0.668. The van der Waals surface area contributed by atoms with E-state index in [0.717, 1.165) is 27.1 Å². The van der Waals surface area contributed by atoms with Crippen LogP contribution in [0.15, 0.2) is 54.7 Å². The topological polar surface area (TPSA) is 50.9 Å². The van der Waals surface area contributed by atoms with Crippen LogP contribution in [0.25, 0.3) is 10.9 Å². The number of hydrogen-bond donors (Lipinski definition) is 2. The van der Waals surface area contributed by atoms with Crippen LogP contribution in [-0.4, -0.2) is 10.5 Å². The molecule has 1 heterocycles. The lowest BCUT2D eigenvalue weighted by atomic mass is 9.87. The first-order valence-corrected chi connectivity index (χ1v) is 10.1. The highest BCUT2D eigenvalue weighted by Crippen LogP contribution is 2.40. The molecule has 0 aliphatic rings. The van der Waals surface area contributed by atoms with Crippen molar-refractivity contribution in [3.8, 4) is 0 Å². The second kappa shape index (κ2) is 7.60. The van der Waals surface area contributed by atoms with Crippen molar-refractivity contribution in [2.75, 3.05) is 0 Å². The van der Waals surface area contributed by atoms with Gasteiger partial charge in [0.2, 0.25) is 0 Å². The number of aromatic nitrogens is 1. The second-order valence-electron chi connectivity index (χ2n) is 6.84. The number of hydrogen-bond acceptors (Lipinski definition) is 3. The summed E-state index contributed by atoms with van der Waals surface area (Å²) < 4.78 is -0.668. The lowest BCUT2D eigenvalue weighted by molar-refractivity contribution is 0.307. The first kappa shape index (κ1) is 19.8. The molecule has 0 amide bonds. The van der Waals surface area contributed by atoms with Gasteiger partial charge in [0.05, 0.1) is 5.52 Å². The van der Waals surface area contributed by atoms with Crippen LogP contribution in [0.1, 0.15) is 25.0 Å². The van der Waals surface area contributed by atoms with Gasteiger partial charge in [0.25, 0.3) is 0 Å². The Labute approximate surface area is 177 Å². The van der Waals surface area contributed by atoms with E-state index >= 15 is 0 Å². The van der Waals surface area contributed by atoms with Gasteiger partial charge in [0.1, 0.15) is 3.55 Å². The van der Waals surface area contributed by atoms with E-state index in [4.69, 9.17) is 28.9 Å². The van der Waals surface area contributed by atoms with E-state index in [9.17, 15) is 0 Å². The van der Waals surface area contributed by atoms with Gasteiger partial charge in [0, 0.05) is 33.7 Å². The Balaban J connectivity index is 1.93. The van der Waals surface area contributed by atoms with Gasteiger partial charge < -0.3 is 11.1 Å². The molecule has 1 aromatic heterocycles. The minimum absolute atomic E-state index is 0.399. The lowest BCUT2D eigenvalue weighted by Crippen LogP contribution is -2.58. The molecule has 0 aliphatic heterocycles. The number of alkyl halides is 1. The molecule has 136 valence electrons. The Morgan fingerprint density at radius 3 is 2.54 bits per heavy atom. The number of halogens is 3. The van der Waals surface area contributed by atoms with Gasteiger partial charge in [-0.3, -0.25) is 4.98 Å². The van der Waals surface area contributed by atoms with Crippen LogP contribution in [0, 0.1) is 0 Å². The number of pyridine rings is 1. The third-order valence-electron chi connectivity index (χ3n) is 4.63. The number of rotatable bonds is 5. The fourth-order valence-corrected chi connectivity index (χ4v) is 3.91. The van der Waals surface area contributed by atoms with E-state index in [1.807, 2.05) is 48.5 Å². The standard InChI is InChI=1S/C20H20Cl2IN3/c1-19(2,26-12-13-4-3-5-14(21)10-13)20(23,24)17-8-9-25-18-11-15(22)6-7-16(17)18/h3-11,26H,12,24H2,1-2H3. The Morgan fingerprint density at radius 2 is 1.81 bits per heavy atom. The summed E-state index contributed by atoms with van der Waals surface area (Å²) in [5.74, 6) is 0. The van der Waals surface area contributed by atoms with Gasteiger partial charge in [-0.1, -0.05) is 64.0 Å². The summed E-state index contributed by atoms with van der Waals surface area (Å²) in [6.45, 7) is 4.88. The number of benzene rings is 2. The summed E-state index contributed by atoms with van der Waals surface area (Å²) in [5, 5.41) is 5.98. The number of fused-ring (bicyclic) bond motifs is 1. The molecule has 0 fully saturated rings. The van der Waals surface area contributed by atoms with Crippen LogP contribution in [-0.2, 0) is 10.1 Å². The van der Waals surface area contributed by atoms with Crippen molar-refractivity contribution in [2.24, 2.45) is 5.73 Å². The largest absolute Gasteiger partial charge is 0.312 e. The van der Waals surface area contributed by atoms with Crippen molar-refractivity contribution in [1.82, 2.24) is 10.3 Å². The molecule has 0 saturated heterocycles. The van der Waals surface area contributed by atoms with Crippen LogP contribution < -0.4 is 11.1 Å². The van der Waals surface area contributed by atoms with Crippen LogP contribution in [0.5, 0.6) is 0 Å². The highest BCUT2D eigenvalue weighted by Gasteiger charge is 2.41. The van der Waals surface area contributed by atoms with Crippen molar-refractivity contribution in [3.05, 3.63) is 75.9 Å². The highest BCUT2D eigenvalue weighted by atomic mass is 127. The van der Waals surface area contributed by atoms with Crippen LogP contribution in [0.2, 0.25) is 10.0 Å². The maximum absolute atomic E-state index is 6.85. The van der Waals surface area contributed by atoms with Crippen molar-refractivity contribution in [1.29, 1.82) is 0 Å². The summed E-state index contributed by atoms with van der Waals surface area (Å²) in [5.41, 5.74) is 9.42. The van der Waals surface area contributed by atoms with Gasteiger partial charge in [-0.15, -0.1) is 0 Å². The first-order valence-electron chi connectivity index (χ1n) is 8.23. The fraction of sp³-hybridized carbons (Fsp3) is 0.250. The molecule has 0 bridgehead atoms. The zero-order valence-electron chi connectivity index (χ0n) is 14.6. The summed E-state index contributed by atoms with van der Waals surface area (Å²) in [4.78, 5) is 4.42. The summed E-state index contributed by atoms with van der Waals surface area (Å²) in [6.07, 6.45) is 1.78. The molecule has 6 heteroatoms. The predicted octanol–water partition coefficient (Wildman–Crippen LogP) is 5.66. The Hall–Kier alpha value is -0.920. The maximum atomic E-state index is 6.85. The minimum Gasteiger partial charge on any atom is -0.312 e. The average Bonchev–Trinajstić information content (AvgIpc) is 2.59. The second-order valence-corrected chi connectivity index (χ2v) is 9.41. The maximum Gasteiger partial charge on any atom is 0.112 e. The summed E-state index contributed by atoms with van der Waals surface area (Å²) in [6, 6.07) is 15.5. The molecule has 3 N–H and O–H groups in total. The number of nitrogens with zero attached hydrogens (tertiary/aromatic N) is 1. The molecule has 3 nitrogen and oxygen atoms in total. The van der Waals surface area contributed by atoms with Crippen molar-refractivity contribution in [3.63, 3.8) is 0 Å². The molecular formula is C20H20Cl2IN3. The van der Waals surface area contributed by atoms with Gasteiger partial charge in [0.15, 0.2) is 0 Å². The molecule has 0 radical (unpaired) electrons. The van der Waals surface area contributed by atoms with Gasteiger partial charge in [-0.2, -0.15) is 0 Å². The van der Waals surface area contributed by atoms with Crippen LogP contribution >= 0.6 is 45.8 Å². The van der Waals surface area contributed by atoms with Crippen molar-refractivity contribution >= 4 is 56.7 Å². The lowest BCUT2D eigenvalue weighted by Gasteiger charge is -2.41. The Bertz CT molecular complexity index is 941. The van der Waals surface area contributed by atoms with E-state index in [-0.39, 0.29) is 0 Å². The van der Waals surface area contributed by atoms with E-state index in [2.05, 4.69) is 46.7 Å². The zero-order valence-corrected chi connectivity index (χ0v) is 18.2. The third kappa shape index (κ3) is 3.99. The molecule has 3 rings (SSSR count). The molecule has 26 heavy (non-hydrogen) atoms. The van der Waals surface area contributed by atoms with Crippen LogP contribution in [0.4, 0.5) is 0 Å². The van der Waals surface area contributed by atoms with E-state index in [1.54, 1.807) is 6.20 Å². The van der Waals surface area contributed by atoms with E-state index in [1.165, 1.54) is 0 Å². The van der Waals surface area contributed by atoms with Gasteiger partial charge >= 0.3 is 0 Å². The number of nitrogens with one attached hydrogen (secondary N) is 1. The Morgan fingerprint density at radius 1 is 1.08 bits per heavy atom. The van der Waals surface area contributed by atoms with Gasteiger partial charge in [-0.25, -0.2) is 0 Å². The molecule has 1 atom stereocenters. The van der Waals surface area contributed by atoms with Crippen LogP contribution in [0.3, 0.4) is 0 Å². The molecule has 0 saturated carbocycles. The predicted molar refractivity (Wildman–Crippen MR) is 119 cm³/mol. The third-order valence-corrected chi connectivity index (χ3v) is 7.03. The van der Waals surface area contributed by atoms with Crippen molar-refractivity contribution < 1.29 is 0 Å². The normalized spacial score (nSPS) is 14.4. The average molecular weight is 500 g/mol. The monoisotopic (exact) mass is 499 g/mol. The molecular weight excluding hydrogens is 480 g/mol. The smallest absolute Gasteiger partial charge is 0.112 e. The molecule has 1 unspecified atom stereocenters. The number of nitrogens with two attached hydrogens (primary N) is 1. The summed E-state index contributed by atoms with van der Waals surface area (Å²) in [7, 11) is 0. The van der Waals surface area contributed by atoms with Gasteiger partial charge in [-0.05, 0) is 55.3 Å². The highest BCUT2D eigenvalue weighted by molar-refractivity contribution is 14.1. The zero-order chi connectivity index (χ0) is 18.9. The SMILES string of the molecule is CC(C)(NCc1cccc(Cl)c1)C(N)(I)c1ccnc2cc(Cl)ccc12. The molecule has 2 aromatic carbocycles. The quantitative estimate of drug-likeness (QED) is 0.270. The first-order chi connectivity index (χ1) is 12.2. The molecule has 0 spiro atoms. The Kier molecular flexibility index (Phi) is 5.80. The van der Waals surface area contributed by atoms with Crippen molar-refractivity contribution in [2.45, 2.75) is 29.5 Å².